The van der Waals surface area contributed by atoms with E-state index in [4.69, 9.17) is 4.99 Å². The molecule has 166 valence electrons. The van der Waals surface area contributed by atoms with Gasteiger partial charge < -0.3 is 20.4 Å². The zero-order chi connectivity index (χ0) is 21.2. The maximum Gasteiger partial charge on any atom is 0.222 e. The van der Waals surface area contributed by atoms with E-state index < -0.39 is 0 Å². The highest BCUT2D eigenvalue weighted by Crippen LogP contribution is 2.16. The first-order chi connectivity index (χ1) is 14.7. The summed E-state index contributed by atoms with van der Waals surface area (Å²) in [6.07, 6.45) is 2.68. The van der Waals surface area contributed by atoms with Gasteiger partial charge in [-0.05, 0) is 38.8 Å². The van der Waals surface area contributed by atoms with Crippen LogP contribution in [0.4, 0.5) is 5.69 Å². The van der Waals surface area contributed by atoms with Crippen molar-refractivity contribution in [1.82, 2.24) is 20.4 Å². The molecule has 1 aromatic rings. The molecule has 2 N–H and O–H groups in total. The monoisotopic (exact) mass is 414 g/mol. The van der Waals surface area contributed by atoms with Crippen LogP contribution in [0.15, 0.2) is 35.3 Å². The lowest BCUT2D eigenvalue weighted by atomic mass is 10.2. The zero-order valence-electron chi connectivity index (χ0n) is 18.6. The lowest BCUT2D eigenvalue weighted by Crippen LogP contribution is -2.50. The lowest BCUT2D eigenvalue weighted by molar-refractivity contribution is -0.127. The third kappa shape index (κ3) is 6.62. The summed E-state index contributed by atoms with van der Waals surface area (Å²) in [5, 5.41) is 6.76. The normalized spacial score (nSPS) is 19.3. The molecule has 0 saturated carbocycles. The average Bonchev–Trinajstić information content (AvgIpc) is 3.20. The Morgan fingerprint density at radius 3 is 2.53 bits per heavy atom. The molecule has 1 atom stereocenters. The molecule has 2 aliphatic heterocycles. The molecule has 7 nitrogen and oxygen atoms in total. The number of nitrogens with zero attached hydrogens (tertiary/aromatic N) is 4. The largest absolute Gasteiger partial charge is 0.369 e. The molecule has 3 rings (SSSR count). The van der Waals surface area contributed by atoms with Gasteiger partial charge in [0.05, 0.1) is 6.54 Å². The Bertz CT molecular complexity index is 672. The number of hydrogen-bond acceptors (Lipinski definition) is 4. The number of carbonyl (C=O) groups excluding carboxylic acids is 1. The fraction of sp³-hybridized carbons (Fsp3) is 0.652. The van der Waals surface area contributed by atoms with Gasteiger partial charge in [0.15, 0.2) is 5.96 Å². The van der Waals surface area contributed by atoms with E-state index in [0.717, 1.165) is 84.1 Å². The molecule has 2 fully saturated rings. The third-order valence-corrected chi connectivity index (χ3v) is 5.99. The van der Waals surface area contributed by atoms with Gasteiger partial charge in [0.2, 0.25) is 5.91 Å². The summed E-state index contributed by atoms with van der Waals surface area (Å²) < 4.78 is 0. The van der Waals surface area contributed by atoms with Crippen molar-refractivity contribution in [1.29, 1.82) is 0 Å². The fourth-order valence-corrected chi connectivity index (χ4v) is 4.16. The van der Waals surface area contributed by atoms with E-state index in [2.05, 4.69) is 64.6 Å². The highest BCUT2D eigenvalue weighted by atomic mass is 16.2. The smallest absolute Gasteiger partial charge is 0.222 e. The predicted molar refractivity (Wildman–Crippen MR) is 124 cm³/mol. The van der Waals surface area contributed by atoms with Crippen LogP contribution in [0.25, 0.3) is 0 Å². The van der Waals surface area contributed by atoms with Gasteiger partial charge >= 0.3 is 0 Å². The Morgan fingerprint density at radius 1 is 1.10 bits per heavy atom. The van der Waals surface area contributed by atoms with Gasteiger partial charge in [-0.25, -0.2) is 0 Å². The van der Waals surface area contributed by atoms with Crippen molar-refractivity contribution in [2.75, 3.05) is 63.8 Å². The summed E-state index contributed by atoms with van der Waals surface area (Å²) in [6, 6.07) is 11.1. The summed E-state index contributed by atoms with van der Waals surface area (Å²) in [6.45, 7) is 12.8. The molecule has 1 unspecified atom stereocenters. The first-order valence-electron chi connectivity index (χ1n) is 11.5. The van der Waals surface area contributed by atoms with Crippen molar-refractivity contribution in [3.63, 3.8) is 0 Å². The fourth-order valence-electron chi connectivity index (χ4n) is 4.16. The third-order valence-electron chi connectivity index (χ3n) is 5.99. The Hall–Kier alpha value is -2.28. The minimum absolute atomic E-state index is 0.303. The van der Waals surface area contributed by atoms with Crippen molar-refractivity contribution in [3.8, 4) is 0 Å². The number of benzene rings is 1. The molecule has 1 aromatic carbocycles. The summed E-state index contributed by atoms with van der Waals surface area (Å²) in [7, 11) is 0. The summed E-state index contributed by atoms with van der Waals surface area (Å²) in [5.41, 5.74) is 1.32. The van der Waals surface area contributed by atoms with Crippen LogP contribution in [0.5, 0.6) is 0 Å². The zero-order valence-corrected chi connectivity index (χ0v) is 18.6. The van der Waals surface area contributed by atoms with Crippen molar-refractivity contribution >= 4 is 17.6 Å². The maximum atomic E-state index is 11.7. The number of nitrogens with one attached hydrogen (secondary N) is 2. The molecule has 2 aliphatic rings. The number of hydrogen-bond donors (Lipinski definition) is 2. The number of piperazine rings is 1. The second-order valence-electron chi connectivity index (χ2n) is 8.19. The number of carbonyl (C=O) groups is 1. The van der Waals surface area contributed by atoms with E-state index >= 15 is 0 Å². The molecule has 0 bridgehead atoms. The number of guanidine groups is 1. The molecule has 0 spiro atoms. The maximum absolute atomic E-state index is 11.7. The Kier molecular flexibility index (Phi) is 8.81. The van der Waals surface area contributed by atoms with Gasteiger partial charge in [0.25, 0.3) is 0 Å². The minimum Gasteiger partial charge on any atom is -0.369 e. The molecule has 1 amide bonds. The second-order valence-corrected chi connectivity index (χ2v) is 8.19. The van der Waals surface area contributed by atoms with E-state index in [0.29, 0.717) is 11.9 Å². The quantitative estimate of drug-likeness (QED) is 0.366. The van der Waals surface area contributed by atoms with Crippen LogP contribution in [0.2, 0.25) is 0 Å². The average molecular weight is 415 g/mol. The van der Waals surface area contributed by atoms with E-state index in [9.17, 15) is 4.79 Å². The van der Waals surface area contributed by atoms with Gasteiger partial charge in [0.1, 0.15) is 0 Å². The molecular weight excluding hydrogens is 376 g/mol. The van der Waals surface area contributed by atoms with E-state index in [1.54, 1.807) is 0 Å². The summed E-state index contributed by atoms with van der Waals surface area (Å²) in [5.74, 6) is 1.18. The Labute approximate surface area is 181 Å². The van der Waals surface area contributed by atoms with Gasteiger partial charge in [-0.1, -0.05) is 18.2 Å². The van der Waals surface area contributed by atoms with E-state index in [1.807, 2.05) is 4.90 Å². The van der Waals surface area contributed by atoms with Crippen LogP contribution in [0, 0.1) is 0 Å². The molecular formula is C23H38N6O. The molecule has 0 radical (unpaired) electrons. The van der Waals surface area contributed by atoms with Gasteiger partial charge in [0, 0.05) is 70.5 Å². The van der Waals surface area contributed by atoms with Gasteiger partial charge in [-0.2, -0.15) is 0 Å². The standard InChI is InChI=1S/C23H38N6O/c1-3-24-23(25-12-8-14-29-13-7-11-22(29)30)26-19-20(2)27-15-17-28(18-16-27)21-9-5-4-6-10-21/h4-6,9-10,20H,3,7-8,11-19H2,1-2H3,(H2,24,25,26). The predicted octanol–water partition coefficient (Wildman–Crippen LogP) is 1.76. The molecule has 30 heavy (non-hydrogen) atoms. The second kappa shape index (κ2) is 11.8. The van der Waals surface area contributed by atoms with Crippen molar-refractivity contribution in [2.45, 2.75) is 39.2 Å². The van der Waals surface area contributed by atoms with Crippen LogP contribution in [-0.4, -0.2) is 86.6 Å². The molecule has 0 aromatic heterocycles. The number of likely N-dealkylation sites (tertiary alicyclic amines) is 1. The number of rotatable bonds is 9. The molecule has 7 heteroatoms. The molecule has 2 saturated heterocycles. The van der Waals surface area contributed by atoms with Crippen molar-refractivity contribution in [2.24, 2.45) is 4.99 Å². The summed E-state index contributed by atoms with van der Waals surface area (Å²) in [4.78, 5) is 23.5. The van der Waals surface area contributed by atoms with Crippen LogP contribution in [0.3, 0.4) is 0 Å². The lowest BCUT2D eigenvalue weighted by Gasteiger charge is -2.38. The number of aliphatic imine (C=N–C) groups is 1. The van der Waals surface area contributed by atoms with Crippen molar-refractivity contribution < 1.29 is 4.79 Å². The highest BCUT2D eigenvalue weighted by Gasteiger charge is 2.21. The number of para-hydroxylation sites is 1. The number of amides is 1. The summed E-state index contributed by atoms with van der Waals surface area (Å²) >= 11 is 0. The number of anilines is 1. The van der Waals surface area contributed by atoms with Gasteiger partial charge in [-0.15, -0.1) is 0 Å². The molecule has 2 heterocycles. The van der Waals surface area contributed by atoms with Crippen LogP contribution in [-0.2, 0) is 4.79 Å². The van der Waals surface area contributed by atoms with Crippen LogP contribution >= 0.6 is 0 Å². The first kappa shape index (κ1) is 22.4. The topological polar surface area (TPSA) is 63.2 Å². The van der Waals surface area contributed by atoms with E-state index in [1.165, 1.54) is 5.69 Å². The van der Waals surface area contributed by atoms with Crippen LogP contribution < -0.4 is 15.5 Å². The van der Waals surface area contributed by atoms with Crippen molar-refractivity contribution in [3.05, 3.63) is 30.3 Å². The minimum atomic E-state index is 0.303. The van der Waals surface area contributed by atoms with Gasteiger partial charge in [-0.3, -0.25) is 14.7 Å². The molecule has 0 aliphatic carbocycles. The highest BCUT2D eigenvalue weighted by molar-refractivity contribution is 5.79. The van der Waals surface area contributed by atoms with E-state index in [-0.39, 0.29) is 0 Å². The SMILES string of the molecule is CCNC(=NCC(C)N1CCN(c2ccccc2)CC1)NCCCN1CCCC1=O. The first-order valence-corrected chi connectivity index (χ1v) is 11.5. The Morgan fingerprint density at radius 2 is 1.87 bits per heavy atom. The van der Waals surface area contributed by atoms with Crippen LogP contribution in [0.1, 0.15) is 33.1 Å². The Balaban J connectivity index is 1.38.